The summed E-state index contributed by atoms with van der Waals surface area (Å²) in [7, 11) is 0. The Balaban J connectivity index is 3.57. The van der Waals surface area contributed by atoms with E-state index in [1.807, 2.05) is 6.20 Å². The van der Waals surface area contributed by atoms with Crippen molar-refractivity contribution in [2.75, 3.05) is 0 Å². The number of rotatable bonds is 1. The molecule has 0 aliphatic heterocycles. The number of aromatic nitrogens is 2. The summed E-state index contributed by atoms with van der Waals surface area (Å²) in [5.41, 5.74) is 2.68. The van der Waals surface area contributed by atoms with Crippen LogP contribution in [-0.2, 0) is 0 Å². The van der Waals surface area contributed by atoms with E-state index >= 15 is 0 Å². The number of hydrogen-bond donors (Lipinski definition) is 1. The number of hydrogen-bond acceptors (Lipinski definition) is 1. The summed E-state index contributed by atoms with van der Waals surface area (Å²) in [4.78, 5) is 0. The van der Waals surface area contributed by atoms with Gasteiger partial charge in [0.2, 0.25) is 0 Å². The maximum absolute atomic E-state index is 4.08. The van der Waals surface area contributed by atoms with Crippen molar-refractivity contribution in [3.63, 3.8) is 0 Å². The monoisotopic (exact) mass is 178 g/mol. The van der Waals surface area contributed by atoms with Crippen molar-refractivity contribution in [1.82, 2.24) is 10.2 Å². The topological polar surface area (TPSA) is 28.7 Å². The molecule has 0 aliphatic carbocycles. The average Bonchev–Trinajstić information content (AvgIpc) is 2.50. The van der Waals surface area contributed by atoms with Crippen LogP contribution in [0.15, 0.2) is 6.20 Å². The van der Waals surface area contributed by atoms with Gasteiger partial charge >= 0.3 is 0 Å². The number of nitrogens with one attached hydrogen (secondary N) is 1. The lowest BCUT2D eigenvalue weighted by molar-refractivity contribution is 0.840. The Morgan fingerprint density at radius 2 is 1.92 bits per heavy atom. The second kappa shape index (κ2) is 3.77. The standard InChI is InChI=1S/C11H18N2/c1-7(2)9(5)10-6-12-13-11(10)8(3)4/h6-7,13H,1-5H3/b10-9+. The average molecular weight is 178 g/mol. The molecule has 2 nitrogen and oxygen atoms in total. The second-order valence-corrected chi connectivity index (χ2v) is 4.00. The van der Waals surface area contributed by atoms with Gasteiger partial charge in [0.25, 0.3) is 0 Å². The molecule has 1 rings (SSSR count). The normalized spacial score (nSPS) is 13.4. The van der Waals surface area contributed by atoms with Gasteiger partial charge in [0.05, 0.1) is 11.5 Å². The van der Waals surface area contributed by atoms with Gasteiger partial charge in [-0.3, -0.25) is 5.10 Å². The van der Waals surface area contributed by atoms with Gasteiger partial charge in [0, 0.05) is 5.22 Å². The fraction of sp³-hybridized carbons (Fsp3) is 0.545. The molecule has 0 aliphatic rings. The molecule has 1 aromatic rings. The Hall–Kier alpha value is -1.05. The minimum absolute atomic E-state index is 0.579. The first-order chi connectivity index (χ1) is 6.04. The summed E-state index contributed by atoms with van der Waals surface area (Å²) < 4.78 is 0. The van der Waals surface area contributed by atoms with Crippen molar-refractivity contribution in [2.45, 2.75) is 34.6 Å². The molecule has 13 heavy (non-hydrogen) atoms. The molecular weight excluding hydrogens is 160 g/mol. The summed E-state index contributed by atoms with van der Waals surface area (Å²) >= 11 is 0. The van der Waals surface area contributed by atoms with Crippen LogP contribution in [0.2, 0.25) is 0 Å². The van der Waals surface area contributed by atoms with E-state index in [4.69, 9.17) is 0 Å². The van der Waals surface area contributed by atoms with Crippen LogP contribution >= 0.6 is 0 Å². The Morgan fingerprint density at radius 3 is 2.38 bits per heavy atom. The van der Waals surface area contributed by atoms with Crippen molar-refractivity contribution in [3.8, 4) is 0 Å². The third kappa shape index (κ3) is 2.00. The maximum Gasteiger partial charge on any atom is 0.0636 e. The molecule has 0 unspecified atom stereocenters. The molecule has 0 aromatic carbocycles. The van der Waals surface area contributed by atoms with Gasteiger partial charge in [-0.1, -0.05) is 25.0 Å². The van der Waals surface area contributed by atoms with Crippen LogP contribution in [0.5, 0.6) is 0 Å². The largest absolute Gasteiger partial charge is 0.278 e. The second-order valence-electron chi connectivity index (χ2n) is 4.00. The van der Waals surface area contributed by atoms with Crippen molar-refractivity contribution >= 4 is 11.1 Å². The minimum Gasteiger partial charge on any atom is -0.278 e. The van der Waals surface area contributed by atoms with E-state index in [0.717, 1.165) is 0 Å². The van der Waals surface area contributed by atoms with Crippen LogP contribution in [0, 0.1) is 5.92 Å². The predicted molar refractivity (Wildman–Crippen MR) is 56.5 cm³/mol. The molecule has 0 bridgehead atoms. The molecule has 2 heteroatoms. The van der Waals surface area contributed by atoms with Gasteiger partial charge in [-0.05, 0) is 26.7 Å². The molecule has 0 fully saturated rings. The maximum atomic E-state index is 4.08. The first kappa shape index (κ1) is 10.0. The van der Waals surface area contributed by atoms with Crippen LogP contribution in [0.3, 0.4) is 0 Å². The van der Waals surface area contributed by atoms with Crippen molar-refractivity contribution in [3.05, 3.63) is 16.8 Å². The SMILES string of the molecule is CC(C)=c1[nH]nc/c1=C(/C)C(C)C. The van der Waals surface area contributed by atoms with Crippen molar-refractivity contribution in [1.29, 1.82) is 0 Å². The molecule has 72 valence electrons. The van der Waals surface area contributed by atoms with Gasteiger partial charge < -0.3 is 0 Å². The summed E-state index contributed by atoms with van der Waals surface area (Å²) in [6.45, 7) is 10.8. The summed E-state index contributed by atoms with van der Waals surface area (Å²) in [6, 6.07) is 0. The lowest BCUT2D eigenvalue weighted by atomic mass is 10.0. The van der Waals surface area contributed by atoms with Gasteiger partial charge in [0.15, 0.2) is 0 Å². The first-order valence-corrected chi connectivity index (χ1v) is 4.71. The third-order valence-electron chi connectivity index (χ3n) is 2.43. The predicted octanol–water partition coefficient (Wildman–Crippen LogP) is 1.43. The van der Waals surface area contributed by atoms with E-state index in [0.29, 0.717) is 5.92 Å². The van der Waals surface area contributed by atoms with E-state index < -0.39 is 0 Å². The van der Waals surface area contributed by atoms with Gasteiger partial charge in [0.1, 0.15) is 0 Å². The highest BCUT2D eigenvalue weighted by Gasteiger charge is 2.00. The van der Waals surface area contributed by atoms with E-state index in [1.165, 1.54) is 21.7 Å². The summed E-state index contributed by atoms with van der Waals surface area (Å²) in [5, 5.41) is 9.54. The molecule has 0 atom stereocenters. The molecule has 0 spiro atoms. The van der Waals surface area contributed by atoms with Gasteiger partial charge in [-0.25, -0.2) is 0 Å². The number of aromatic amines is 1. The molecule has 1 N–H and O–H groups in total. The van der Waals surface area contributed by atoms with E-state index in [2.05, 4.69) is 44.8 Å². The lowest BCUT2D eigenvalue weighted by Crippen LogP contribution is -2.27. The van der Waals surface area contributed by atoms with E-state index in [-0.39, 0.29) is 0 Å². The molecule has 0 amide bonds. The highest BCUT2D eigenvalue weighted by Crippen LogP contribution is 2.05. The van der Waals surface area contributed by atoms with Gasteiger partial charge in [-0.2, -0.15) is 5.10 Å². The Bertz CT molecular complexity index is 392. The van der Waals surface area contributed by atoms with Crippen LogP contribution in [0.1, 0.15) is 34.6 Å². The fourth-order valence-electron chi connectivity index (χ4n) is 1.28. The van der Waals surface area contributed by atoms with Crippen LogP contribution in [-0.4, -0.2) is 10.2 Å². The number of nitrogens with zero attached hydrogens (tertiary/aromatic N) is 1. The fourth-order valence-corrected chi connectivity index (χ4v) is 1.28. The highest BCUT2D eigenvalue weighted by atomic mass is 15.1. The molecular formula is C11H18N2. The summed E-state index contributed by atoms with van der Waals surface area (Å²) in [5.74, 6) is 0.579. The lowest BCUT2D eigenvalue weighted by Gasteiger charge is -2.02. The van der Waals surface area contributed by atoms with Crippen molar-refractivity contribution < 1.29 is 0 Å². The number of H-pyrrole nitrogens is 1. The molecule has 0 saturated heterocycles. The zero-order chi connectivity index (χ0) is 10.0. The third-order valence-corrected chi connectivity index (χ3v) is 2.43. The molecule has 0 radical (unpaired) electrons. The Morgan fingerprint density at radius 1 is 1.31 bits per heavy atom. The molecule has 0 saturated carbocycles. The van der Waals surface area contributed by atoms with E-state index in [9.17, 15) is 0 Å². The van der Waals surface area contributed by atoms with Gasteiger partial charge in [-0.15, -0.1) is 0 Å². The van der Waals surface area contributed by atoms with Crippen molar-refractivity contribution in [2.24, 2.45) is 5.92 Å². The van der Waals surface area contributed by atoms with Crippen LogP contribution < -0.4 is 10.6 Å². The first-order valence-electron chi connectivity index (χ1n) is 4.71. The Labute approximate surface area is 79.4 Å². The van der Waals surface area contributed by atoms with Crippen LogP contribution in [0.25, 0.3) is 11.1 Å². The summed E-state index contributed by atoms with van der Waals surface area (Å²) in [6.07, 6.45) is 1.91. The smallest absolute Gasteiger partial charge is 0.0636 e. The minimum atomic E-state index is 0.579. The Kier molecular flexibility index (Phi) is 2.91. The quantitative estimate of drug-likeness (QED) is 0.692. The highest BCUT2D eigenvalue weighted by molar-refractivity contribution is 5.46. The van der Waals surface area contributed by atoms with E-state index in [1.54, 1.807) is 0 Å². The zero-order valence-corrected chi connectivity index (χ0v) is 9.10. The van der Waals surface area contributed by atoms with Crippen LogP contribution in [0.4, 0.5) is 0 Å². The molecule has 1 aromatic heterocycles. The molecule has 1 heterocycles. The zero-order valence-electron chi connectivity index (χ0n) is 9.10.